The largest absolute Gasteiger partial charge is 0.371 e. The predicted octanol–water partition coefficient (Wildman–Crippen LogP) is 3.70. The van der Waals surface area contributed by atoms with Crippen LogP contribution in [0.2, 0.25) is 0 Å². The van der Waals surface area contributed by atoms with Gasteiger partial charge in [-0.1, -0.05) is 15.9 Å². The summed E-state index contributed by atoms with van der Waals surface area (Å²) in [6.07, 6.45) is 0. The van der Waals surface area contributed by atoms with Gasteiger partial charge in [0, 0.05) is 17.1 Å². The van der Waals surface area contributed by atoms with Crippen molar-refractivity contribution in [3.63, 3.8) is 0 Å². The Bertz CT molecular complexity index is 599. The Morgan fingerprint density at radius 2 is 1.94 bits per heavy atom. The molecule has 0 radical (unpaired) electrons. The van der Waals surface area contributed by atoms with Gasteiger partial charge in [0.2, 0.25) is 0 Å². The Morgan fingerprint density at radius 3 is 2.56 bits per heavy atom. The monoisotopic (exact) mass is 309 g/mol. The molecule has 1 aromatic carbocycles. The van der Waals surface area contributed by atoms with Gasteiger partial charge in [-0.2, -0.15) is 0 Å². The normalized spacial score (nSPS) is 10.5. The fourth-order valence-electron chi connectivity index (χ4n) is 1.72. The van der Waals surface area contributed by atoms with Crippen molar-refractivity contribution in [2.24, 2.45) is 0 Å². The van der Waals surface area contributed by atoms with Crippen molar-refractivity contribution in [2.75, 3.05) is 12.4 Å². The van der Waals surface area contributed by atoms with E-state index in [0.717, 1.165) is 15.6 Å². The Labute approximate surface area is 114 Å². The van der Waals surface area contributed by atoms with Gasteiger partial charge in [-0.25, -0.2) is 14.4 Å². The summed E-state index contributed by atoms with van der Waals surface area (Å²) in [6.45, 7) is 3.61. The van der Waals surface area contributed by atoms with Gasteiger partial charge in [-0.05, 0) is 37.6 Å². The number of aryl methyl sites for hydroxylation is 2. The molecule has 94 valence electrons. The Balaban J connectivity index is 2.60. The Hall–Kier alpha value is -1.49. The van der Waals surface area contributed by atoms with Crippen LogP contribution in [-0.4, -0.2) is 17.0 Å². The van der Waals surface area contributed by atoms with Crippen LogP contribution in [0.1, 0.15) is 11.3 Å². The summed E-state index contributed by atoms with van der Waals surface area (Å²) in [7, 11) is 1.64. The average Bonchev–Trinajstić information content (AvgIpc) is 2.32. The van der Waals surface area contributed by atoms with Crippen LogP contribution < -0.4 is 5.32 Å². The summed E-state index contributed by atoms with van der Waals surface area (Å²) in [5.41, 5.74) is 2.28. The molecule has 3 nitrogen and oxygen atoms in total. The summed E-state index contributed by atoms with van der Waals surface area (Å²) < 4.78 is 14.7. The Kier molecular flexibility index (Phi) is 3.61. The highest BCUT2D eigenvalue weighted by molar-refractivity contribution is 9.10. The van der Waals surface area contributed by atoms with Crippen molar-refractivity contribution in [3.05, 3.63) is 39.7 Å². The van der Waals surface area contributed by atoms with Crippen molar-refractivity contribution in [2.45, 2.75) is 13.8 Å². The first-order valence-electron chi connectivity index (χ1n) is 5.51. The quantitative estimate of drug-likeness (QED) is 0.919. The third-order valence-electron chi connectivity index (χ3n) is 2.68. The molecule has 0 aliphatic rings. The van der Waals surface area contributed by atoms with Gasteiger partial charge in [-0.3, -0.25) is 0 Å². The average molecular weight is 310 g/mol. The maximum atomic E-state index is 13.7. The zero-order valence-electron chi connectivity index (χ0n) is 10.4. The van der Waals surface area contributed by atoms with Crippen LogP contribution in [0, 0.1) is 19.7 Å². The van der Waals surface area contributed by atoms with Crippen LogP contribution in [0.25, 0.3) is 11.4 Å². The van der Waals surface area contributed by atoms with Gasteiger partial charge in [0.15, 0.2) is 17.5 Å². The van der Waals surface area contributed by atoms with Gasteiger partial charge >= 0.3 is 0 Å². The summed E-state index contributed by atoms with van der Waals surface area (Å²) in [4.78, 5) is 8.40. The van der Waals surface area contributed by atoms with Crippen LogP contribution in [-0.2, 0) is 0 Å². The van der Waals surface area contributed by atoms with Crippen LogP contribution in [0.15, 0.2) is 22.7 Å². The van der Waals surface area contributed by atoms with Gasteiger partial charge in [-0.15, -0.1) is 0 Å². The van der Waals surface area contributed by atoms with E-state index < -0.39 is 5.82 Å². The van der Waals surface area contributed by atoms with Crippen LogP contribution in [0.5, 0.6) is 0 Å². The van der Waals surface area contributed by atoms with Crippen LogP contribution >= 0.6 is 15.9 Å². The van der Waals surface area contributed by atoms with E-state index in [1.165, 1.54) is 0 Å². The van der Waals surface area contributed by atoms with E-state index in [1.807, 2.05) is 25.1 Å². The van der Waals surface area contributed by atoms with Gasteiger partial charge in [0.25, 0.3) is 0 Å². The third-order valence-corrected chi connectivity index (χ3v) is 3.18. The molecule has 1 heterocycles. The molecule has 0 amide bonds. The number of hydrogen-bond acceptors (Lipinski definition) is 3. The summed E-state index contributed by atoms with van der Waals surface area (Å²) in [6, 6.07) is 5.82. The zero-order valence-corrected chi connectivity index (χ0v) is 12.0. The van der Waals surface area contributed by atoms with Gasteiger partial charge in [0.1, 0.15) is 0 Å². The summed E-state index contributed by atoms with van der Waals surface area (Å²) in [5.74, 6) is 0.346. The van der Waals surface area contributed by atoms with Crippen LogP contribution in [0.3, 0.4) is 0 Å². The molecular weight excluding hydrogens is 297 g/mol. The lowest BCUT2D eigenvalue weighted by atomic mass is 10.1. The molecule has 1 N–H and O–H groups in total. The van der Waals surface area contributed by atoms with E-state index in [9.17, 15) is 4.39 Å². The molecule has 0 spiro atoms. The first-order chi connectivity index (χ1) is 8.52. The van der Waals surface area contributed by atoms with Crippen molar-refractivity contribution >= 4 is 21.7 Å². The van der Waals surface area contributed by atoms with E-state index >= 15 is 0 Å². The summed E-state index contributed by atoms with van der Waals surface area (Å²) in [5, 5.41) is 2.74. The highest BCUT2D eigenvalue weighted by atomic mass is 79.9. The zero-order chi connectivity index (χ0) is 13.3. The molecule has 5 heteroatoms. The van der Waals surface area contributed by atoms with Gasteiger partial charge < -0.3 is 5.32 Å². The predicted molar refractivity (Wildman–Crippen MR) is 74.1 cm³/mol. The molecule has 0 fully saturated rings. The maximum absolute atomic E-state index is 13.7. The first-order valence-corrected chi connectivity index (χ1v) is 6.30. The highest BCUT2D eigenvalue weighted by Gasteiger charge is 2.12. The number of aromatic nitrogens is 2. The molecule has 1 aromatic heterocycles. The molecular formula is C13H13BrFN3. The molecule has 0 aliphatic heterocycles. The number of halogens is 2. The van der Waals surface area contributed by atoms with E-state index in [-0.39, 0.29) is 5.82 Å². The second-order valence-corrected chi connectivity index (χ2v) is 4.92. The minimum Gasteiger partial charge on any atom is -0.371 e. The molecule has 18 heavy (non-hydrogen) atoms. The van der Waals surface area contributed by atoms with E-state index in [1.54, 1.807) is 14.0 Å². The molecule has 0 bridgehead atoms. The minimum atomic E-state index is -0.406. The summed E-state index contributed by atoms with van der Waals surface area (Å²) >= 11 is 3.41. The lowest BCUT2D eigenvalue weighted by Gasteiger charge is -2.09. The standard InChI is InChI=1S/C13H13BrFN3/c1-7-6-9(14)4-5-10(7)12-17-8(2)11(15)13(16-3)18-12/h4-6H,1-3H3,(H,16,17,18). The fraction of sp³-hybridized carbons (Fsp3) is 0.231. The van der Waals surface area contributed by atoms with Crippen molar-refractivity contribution < 1.29 is 4.39 Å². The van der Waals surface area contributed by atoms with Crippen LogP contribution in [0.4, 0.5) is 10.2 Å². The highest BCUT2D eigenvalue weighted by Crippen LogP contribution is 2.25. The van der Waals surface area contributed by atoms with Crippen molar-refractivity contribution in [1.29, 1.82) is 0 Å². The molecule has 2 aromatic rings. The number of anilines is 1. The van der Waals surface area contributed by atoms with Crippen molar-refractivity contribution in [1.82, 2.24) is 9.97 Å². The molecule has 2 rings (SSSR count). The number of benzene rings is 1. The topological polar surface area (TPSA) is 37.8 Å². The second kappa shape index (κ2) is 5.02. The molecule has 0 atom stereocenters. The van der Waals surface area contributed by atoms with Gasteiger partial charge in [0.05, 0.1) is 5.69 Å². The number of rotatable bonds is 2. The van der Waals surface area contributed by atoms with E-state index in [2.05, 4.69) is 31.2 Å². The molecule has 0 aliphatic carbocycles. The number of nitrogens with one attached hydrogen (secondary N) is 1. The first kappa shape index (κ1) is 13.0. The lowest BCUT2D eigenvalue weighted by Crippen LogP contribution is -2.04. The molecule has 0 saturated heterocycles. The third kappa shape index (κ3) is 2.36. The SMILES string of the molecule is CNc1nc(-c2ccc(Br)cc2C)nc(C)c1F. The minimum absolute atomic E-state index is 0.222. The lowest BCUT2D eigenvalue weighted by molar-refractivity contribution is 0.607. The molecule has 0 saturated carbocycles. The smallest absolute Gasteiger partial charge is 0.186 e. The fourth-order valence-corrected chi connectivity index (χ4v) is 2.20. The maximum Gasteiger partial charge on any atom is 0.186 e. The number of nitrogens with zero attached hydrogens (tertiary/aromatic N) is 2. The molecule has 0 unspecified atom stereocenters. The second-order valence-electron chi connectivity index (χ2n) is 4.00. The van der Waals surface area contributed by atoms with Crippen molar-refractivity contribution in [3.8, 4) is 11.4 Å². The van der Waals surface area contributed by atoms with E-state index in [4.69, 9.17) is 0 Å². The van der Waals surface area contributed by atoms with E-state index in [0.29, 0.717) is 11.5 Å². The number of hydrogen-bond donors (Lipinski definition) is 1. The Morgan fingerprint density at radius 1 is 1.22 bits per heavy atom.